The molecule has 2 saturated heterocycles. The van der Waals surface area contributed by atoms with E-state index in [1.54, 1.807) is 5.38 Å². The fourth-order valence-corrected chi connectivity index (χ4v) is 12.2. The summed E-state index contributed by atoms with van der Waals surface area (Å²) in [6.45, 7) is 3.19. The quantitative estimate of drug-likeness (QED) is 0.00880. The SMILES string of the molecule is Cc1c(N)nc([C@H](CC(N)=O)NC[C@H](N)C(N)=O)nc1C(=O)N[C@@H](C(=O)N[C@H](C)[C@@H](O)[C@H](C)C(=O)N[C@@H](C(=O)NCCc1nc(-c2ncc(C(=O)NCCC[S+](C)C)s2)cs1)[C@@H](C)O)[C@@H](O[C@@H]1O[C@@H](CO)[C@@H](O)[C@H](O)[C@@H]1O[C@@H]1O[C@H](CO)[C@@H](O)[C@@H](OC(N)=O)[C@@H]1O)c1cnc[nH]1.O=S(=O)([O-])[O-]. The van der Waals surface area contributed by atoms with Gasteiger partial charge in [-0.3, -0.25) is 42.0 Å². The zero-order valence-corrected chi connectivity index (χ0v) is 58.2. The van der Waals surface area contributed by atoms with Crippen LogP contribution < -0.4 is 60.6 Å². The number of rotatable bonds is 35. The number of ether oxygens (including phenoxy) is 5. The number of primary amides is 3. The number of anilines is 1. The van der Waals surface area contributed by atoms with Crippen molar-refractivity contribution in [2.24, 2.45) is 28.9 Å². The van der Waals surface area contributed by atoms with Gasteiger partial charge in [-0.25, -0.2) is 29.7 Å². The Balaban J connectivity index is 0.00000354. The third-order valence-corrected chi connectivity index (χ3v) is 18.3. The molecule has 0 unspecified atom stereocenters. The van der Waals surface area contributed by atoms with Gasteiger partial charge < -0.3 is 139 Å². The van der Waals surface area contributed by atoms with E-state index in [1.807, 2.05) is 0 Å². The Morgan fingerprint density at radius 2 is 1.47 bits per heavy atom. The molecular formula is C55H84N17O25S4-. The lowest BCUT2D eigenvalue weighted by Gasteiger charge is -2.47. The zero-order chi connectivity index (χ0) is 75.5. The lowest BCUT2D eigenvalue weighted by atomic mass is 9.96. The van der Waals surface area contributed by atoms with Crippen molar-refractivity contribution in [2.45, 2.75) is 157 Å². The highest BCUT2D eigenvalue weighted by molar-refractivity contribution is 7.95. The second-order valence-corrected chi connectivity index (χ2v) is 28.4. The Morgan fingerprint density at radius 3 is 2.06 bits per heavy atom. The average molecular weight is 1510 g/mol. The molecule has 0 radical (unpaired) electrons. The summed E-state index contributed by atoms with van der Waals surface area (Å²) in [5.74, 6) is -7.63. The van der Waals surface area contributed by atoms with E-state index in [1.165, 1.54) is 56.6 Å². The Bertz CT molecular complexity index is 3540. The average Bonchev–Trinajstić information content (AvgIpc) is 1.15. The van der Waals surface area contributed by atoms with E-state index in [-0.39, 0.29) is 59.2 Å². The summed E-state index contributed by atoms with van der Waals surface area (Å²) >= 11 is 2.46. The van der Waals surface area contributed by atoms with Crippen molar-refractivity contribution < 1.29 is 120 Å². The first-order valence-electron chi connectivity index (χ1n) is 30.5. The van der Waals surface area contributed by atoms with Gasteiger partial charge in [0.05, 0.1) is 91.4 Å². The van der Waals surface area contributed by atoms with Crippen molar-refractivity contribution in [2.75, 3.05) is 56.8 Å². The number of carbonyl (C=O) groups is 8. The molecule has 2 fully saturated rings. The summed E-state index contributed by atoms with van der Waals surface area (Å²) in [4.78, 5) is 131. The number of aromatic amines is 1. The molecule has 2 aliphatic rings. The maximum absolute atomic E-state index is 15.2. The molecule has 6 heterocycles. The molecule has 2 aliphatic heterocycles. The van der Waals surface area contributed by atoms with E-state index in [4.69, 9.17) is 69.9 Å². The normalized spacial score (nSPS) is 23.4. The van der Waals surface area contributed by atoms with Gasteiger partial charge in [0.25, 0.3) is 11.8 Å². The van der Waals surface area contributed by atoms with E-state index in [0.29, 0.717) is 27.1 Å². The maximum Gasteiger partial charge on any atom is 0.404 e. The van der Waals surface area contributed by atoms with Gasteiger partial charge in [-0.05, 0) is 31.7 Å². The number of thiazole rings is 2. The van der Waals surface area contributed by atoms with E-state index in [0.717, 1.165) is 24.7 Å². The first-order valence-corrected chi connectivity index (χ1v) is 35.8. The highest BCUT2D eigenvalue weighted by Gasteiger charge is 2.54. The lowest BCUT2D eigenvalue weighted by Crippen LogP contribution is -2.65. The molecule has 101 heavy (non-hydrogen) atoms. The summed E-state index contributed by atoms with van der Waals surface area (Å²) in [5.41, 5.74) is 27.8. The number of aliphatic hydroxyl groups is 8. The molecule has 25 N–H and O–H groups in total. The number of H-pyrrole nitrogens is 1. The number of amides is 8. The van der Waals surface area contributed by atoms with Crippen LogP contribution in [0, 0.1) is 12.8 Å². The third-order valence-electron chi connectivity index (χ3n) is 15.3. The number of aliphatic hydroxyl groups excluding tert-OH is 8. The van der Waals surface area contributed by atoms with Crippen LogP contribution in [0.15, 0.2) is 24.1 Å². The molecule has 0 aliphatic carbocycles. The van der Waals surface area contributed by atoms with Crippen molar-refractivity contribution in [3.63, 3.8) is 0 Å². The van der Waals surface area contributed by atoms with Crippen LogP contribution >= 0.6 is 22.7 Å². The number of aromatic nitrogens is 6. The number of hydrogen-bond acceptors (Lipinski definition) is 35. The molecule has 564 valence electrons. The minimum atomic E-state index is -5.17. The molecule has 46 heteroatoms. The number of carbonyl (C=O) groups excluding carboxylic acids is 8. The molecule has 4 aromatic rings. The van der Waals surface area contributed by atoms with Crippen molar-refractivity contribution in [1.82, 2.24) is 61.8 Å². The van der Waals surface area contributed by atoms with E-state index in [2.05, 4.69) is 74.3 Å². The van der Waals surface area contributed by atoms with Gasteiger partial charge >= 0.3 is 6.09 Å². The maximum atomic E-state index is 15.2. The second kappa shape index (κ2) is 38.7. The van der Waals surface area contributed by atoms with Crippen LogP contribution in [-0.4, -0.2) is 285 Å². The van der Waals surface area contributed by atoms with Gasteiger partial charge in [0.1, 0.15) is 99.6 Å². The molecule has 4 aromatic heterocycles. The van der Waals surface area contributed by atoms with Crippen LogP contribution in [0.2, 0.25) is 0 Å². The zero-order valence-electron chi connectivity index (χ0n) is 54.9. The van der Waals surface area contributed by atoms with Crippen LogP contribution in [0.3, 0.4) is 0 Å². The standard InChI is InChI=1S/C55H83N17O21S3.H2O4S/c1-20-33(69-46(72-44(20)58)25(12-31(57)76)64-13-24(56)45(59)82)50(86)71-35(41(26-14-61-19-66-26)91-54-43(39(80)37(78)28(16-73)90-54)92-53-40(81)42(93-55(60)88)38(79)29(17-74)89-53)51(87)67-22(3)36(77)21(2)47(83)70-34(23(4)75)49(85)63-10-8-32-68-27(18-94-32)52-65-15-30(95-52)48(84)62-9-7-11-96(5)6;1-5(2,3)4/h14-15,18-19,21-25,28-29,34-43,53-54,64,73-75,77-81H,7-13,16-17,56H2,1-6H3,(H13-,57,58,59,60,61,62,63,66,67,69,70,71,72,76,82,83,84,85,86,87,88);(H2,1,2,3,4)/p-1/t21-,22+,23+,24-,25-,28-,29+,34+,35+,36-,37+,38+,39-,40-,41-,42+,43-,53-,54-;/m0./s1. The summed E-state index contributed by atoms with van der Waals surface area (Å²) in [6, 6.07) is -7.85. The molecule has 42 nitrogen and oxygen atoms in total. The first kappa shape index (κ1) is 84.2. The molecule has 8 amide bonds. The van der Waals surface area contributed by atoms with Crippen molar-refractivity contribution >= 4 is 97.2 Å². The van der Waals surface area contributed by atoms with Crippen molar-refractivity contribution in [3.8, 4) is 10.7 Å². The molecule has 6 rings (SSSR count). The first-order chi connectivity index (χ1) is 47.3. The van der Waals surface area contributed by atoms with Crippen LogP contribution in [0.5, 0.6) is 0 Å². The second-order valence-electron chi connectivity index (χ2n) is 23.2. The van der Waals surface area contributed by atoms with E-state index >= 15 is 4.79 Å². The van der Waals surface area contributed by atoms with Gasteiger partial charge in [-0.2, -0.15) is 0 Å². The van der Waals surface area contributed by atoms with Crippen LogP contribution in [0.25, 0.3) is 10.7 Å². The number of nitrogens with two attached hydrogens (primary N) is 5. The van der Waals surface area contributed by atoms with Gasteiger partial charge in [0.15, 0.2) is 18.7 Å². The highest BCUT2D eigenvalue weighted by Crippen LogP contribution is 2.35. The predicted octanol–water partition coefficient (Wildman–Crippen LogP) is -9.04. The summed E-state index contributed by atoms with van der Waals surface area (Å²) in [7, 11) is -4.91. The smallest absolute Gasteiger partial charge is 0.404 e. The van der Waals surface area contributed by atoms with Crippen LogP contribution in [0.4, 0.5) is 10.6 Å². The van der Waals surface area contributed by atoms with Gasteiger partial charge in [-0.1, -0.05) is 6.92 Å². The number of nitrogen functional groups attached to an aromatic ring is 1. The molecule has 19 atom stereocenters. The Kier molecular flexibility index (Phi) is 32.3. The van der Waals surface area contributed by atoms with Crippen molar-refractivity contribution in [3.05, 3.63) is 56.8 Å². The van der Waals surface area contributed by atoms with Gasteiger partial charge in [-0.15, -0.1) is 22.7 Å². The molecule has 0 saturated carbocycles. The predicted molar refractivity (Wildman–Crippen MR) is 349 cm³/mol. The fraction of sp³-hybridized carbons (Fsp3) is 0.618. The van der Waals surface area contributed by atoms with Gasteiger partial charge in [0, 0.05) is 60.2 Å². The Hall–Kier alpha value is -7.43. The molecule has 0 aromatic carbocycles. The minimum Gasteiger partial charge on any atom is -0.759 e. The molecule has 0 bridgehead atoms. The Morgan fingerprint density at radius 1 is 0.812 bits per heavy atom. The topological polar surface area (TPSA) is 707 Å². The summed E-state index contributed by atoms with van der Waals surface area (Å²) in [5, 5.41) is 107. The molecule has 0 spiro atoms. The summed E-state index contributed by atoms with van der Waals surface area (Å²) < 4.78 is 62.8. The number of hydrogen-bond donors (Lipinski definition) is 20. The van der Waals surface area contributed by atoms with Crippen molar-refractivity contribution in [1.29, 1.82) is 0 Å². The monoisotopic (exact) mass is 1510 g/mol. The summed E-state index contributed by atoms with van der Waals surface area (Å²) in [6.07, 6.45) is -18.5. The third kappa shape index (κ3) is 24.6. The molecular weight excluding hydrogens is 1430 g/mol. The Labute approximate surface area is 586 Å². The van der Waals surface area contributed by atoms with Crippen LogP contribution in [-0.2, 0) is 75.4 Å². The number of nitrogens with one attached hydrogen (secondary N) is 7. The number of nitrogens with zero attached hydrogens (tertiary/aromatic N) is 5. The van der Waals surface area contributed by atoms with E-state index < -0.39 is 193 Å². The van der Waals surface area contributed by atoms with Crippen LogP contribution in [0.1, 0.15) is 88.0 Å². The largest absolute Gasteiger partial charge is 0.759 e. The van der Waals surface area contributed by atoms with Gasteiger partial charge in [0.2, 0.25) is 29.5 Å². The lowest BCUT2D eigenvalue weighted by molar-refractivity contribution is -0.372. The fourth-order valence-electron chi connectivity index (χ4n) is 9.80. The van der Waals surface area contributed by atoms with E-state index in [9.17, 15) is 74.4 Å². The highest BCUT2D eigenvalue weighted by atomic mass is 32.3. The number of imidazole rings is 1. The minimum absolute atomic E-state index is 0.00498.